The topological polar surface area (TPSA) is 12.0 Å². The van der Waals surface area contributed by atoms with Crippen LogP contribution in [0.25, 0.3) is 0 Å². The van der Waals surface area contributed by atoms with Gasteiger partial charge in [-0.05, 0) is 31.4 Å². The Bertz CT molecular complexity index is 280. The highest BCUT2D eigenvalue weighted by molar-refractivity contribution is 5.50. The van der Waals surface area contributed by atoms with E-state index >= 15 is 0 Å². The largest absolute Gasteiger partial charge is 0.382 e. The van der Waals surface area contributed by atoms with Gasteiger partial charge in [-0.1, -0.05) is 44.9 Å². The first kappa shape index (κ1) is 12.1. The van der Waals surface area contributed by atoms with Crippen LogP contribution in [0.1, 0.15) is 45.1 Å². The van der Waals surface area contributed by atoms with Crippen molar-refractivity contribution in [2.45, 2.75) is 52.5 Å². The molecule has 0 aliphatic carbocycles. The molecular weight excluding hydrogens is 182 g/mol. The molecular formula is C14H23N. The zero-order chi connectivity index (χ0) is 11.1. The molecule has 0 unspecified atom stereocenters. The van der Waals surface area contributed by atoms with E-state index in [1.807, 2.05) is 0 Å². The SMILES string of the molecule is CCCC[C@H](CC)Nc1ccccc1C. The lowest BCUT2D eigenvalue weighted by Gasteiger charge is -2.19. The van der Waals surface area contributed by atoms with Crippen molar-refractivity contribution in [3.05, 3.63) is 29.8 Å². The minimum absolute atomic E-state index is 0.631. The Morgan fingerprint density at radius 2 is 1.93 bits per heavy atom. The first-order valence-electron chi connectivity index (χ1n) is 6.10. The Kier molecular flexibility index (Phi) is 5.23. The molecule has 0 saturated carbocycles. The molecule has 0 heterocycles. The number of rotatable bonds is 6. The van der Waals surface area contributed by atoms with E-state index in [9.17, 15) is 0 Å². The second kappa shape index (κ2) is 6.49. The maximum Gasteiger partial charge on any atom is 0.0372 e. The molecule has 0 spiro atoms. The smallest absolute Gasteiger partial charge is 0.0372 e. The van der Waals surface area contributed by atoms with Gasteiger partial charge < -0.3 is 5.32 Å². The first-order chi connectivity index (χ1) is 7.27. The number of para-hydroxylation sites is 1. The first-order valence-corrected chi connectivity index (χ1v) is 6.10. The fraction of sp³-hybridized carbons (Fsp3) is 0.571. The maximum atomic E-state index is 3.63. The molecule has 1 atom stereocenters. The van der Waals surface area contributed by atoms with E-state index < -0.39 is 0 Å². The van der Waals surface area contributed by atoms with Crippen LogP contribution in [0.15, 0.2) is 24.3 Å². The van der Waals surface area contributed by atoms with Gasteiger partial charge in [-0.2, -0.15) is 0 Å². The zero-order valence-corrected chi connectivity index (χ0v) is 10.2. The van der Waals surface area contributed by atoms with Crippen molar-refractivity contribution in [3.63, 3.8) is 0 Å². The summed E-state index contributed by atoms with van der Waals surface area (Å²) in [4.78, 5) is 0. The standard InChI is InChI=1S/C14H23N/c1-4-6-10-13(5-2)15-14-11-8-7-9-12(14)3/h7-9,11,13,15H,4-6,10H2,1-3H3/t13-/m0/s1. The fourth-order valence-electron chi connectivity index (χ4n) is 1.78. The Balaban J connectivity index is 2.54. The lowest BCUT2D eigenvalue weighted by Crippen LogP contribution is -2.18. The molecule has 0 radical (unpaired) electrons. The lowest BCUT2D eigenvalue weighted by molar-refractivity contribution is 0.593. The fourth-order valence-corrected chi connectivity index (χ4v) is 1.78. The summed E-state index contributed by atoms with van der Waals surface area (Å²) in [6.45, 7) is 6.67. The molecule has 0 aromatic heterocycles. The number of benzene rings is 1. The Hall–Kier alpha value is -0.980. The van der Waals surface area contributed by atoms with Crippen molar-refractivity contribution in [2.75, 3.05) is 5.32 Å². The van der Waals surface area contributed by atoms with Gasteiger partial charge in [0.1, 0.15) is 0 Å². The second-order valence-electron chi connectivity index (χ2n) is 4.21. The van der Waals surface area contributed by atoms with E-state index in [0.717, 1.165) is 0 Å². The van der Waals surface area contributed by atoms with Crippen LogP contribution in [0.4, 0.5) is 5.69 Å². The summed E-state index contributed by atoms with van der Waals surface area (Å²) in [6.07, 6.45) is 5.08. The van der Waals surface area contributed by atoms with E-state index in [1.54, 1.807) is 0 Å². The molecule has 1 rings (SSSR count). The molecule has 1 heteroatoms. The Morgan fingerprint density at radius 1 is 1.20 bits per heavy atom. The monoisotopic (exact) mass is 205 g/mol. The van der Waals surface area contributed by atoms with Crippen molar-refractivity contribution in [1.82, 2.24) is 0 Å². The molecule has 0 fully saturated rings. The predicted molar refractivity (Wildman–Crippen MR) is 68.4 cm³/mol. The lowest BCUT2D eigenvalue weighted by atomic mass is 10.1. The summed E-state index contributed by atoms with van der Waals surface area (Å²) in [5.41, 5.74) is 2.63. The van der Waals surface area contributed by atoms with E-state index in [2.05, 4.69) is 50.4 Å². The van der Waals surface area contributed by atoms with Gasteiger partial charge in [0.15, 0.2) is 0 Å². The number of unbranched alkanes of at least 4 members (excludes halogenated alkanes) is 1. The maximum absolute atomic E-state index is 3.63. The van der Waals surface area contributed by atoms with E-state index in [0.29, 0.717) is 6.04 Å². The van der Waals surface area contributed by atoms with Gasteiger partial charge in [-0.15, -0.1) is 0 Å². The molecule has 15 heavy (non-hydrogen) atoms. The van der Waals surface area contributed by atoms with Crippen molar-refractivity contribution >= 4 is 5.69 Å². The van der Waals surface area contributed by atoms with Gasteiger partial charge in [-0.3, -0.25) is 0 Å². The summed E-state index contributed by atoms with van der Waals surface area (Å²) in [5, 5.41) is 3.63. The summed E-state index contributed by atoms with van der Waals surface area (Å²) in [7, 11) is 0. The summed E-state index contributed by atoms with van der Waals surface area (Å²) in [6, 6.07) is 9.15. The second-order valence-corrected chi connectivity index (χ2v) is 4.21. The van der Waals surface area contributed by atoms with Crippen molar-refractivity contribution in [2.24, 2.45) is 0 Å². The third-order valence-electron chi connectivity index (χ3n) is 2.90. The quantitative estimate of drug-likeness (QED) is 0.727. The van der Waals surface area contributed by atoms with E-state index in [-0.39, 0.29) is 0 Å². The summed E-state index contributed by atoms with van der Waals surface area (Å²) >= 11 is 0. The third kappa shape index (κ3) is 3.94. The van der Waals surface area contributed by atoms with Crippen LogP contribution in [-0.4, -0.2) is 6.04 Å². The van der Waals surface area contributed by atoms with Crippen LogP contribution >= 0.6 is 0 Å². The molecule has 1 aromatic rings. The normalized spacial score (nSPS) is 12.5. The number of nitrogens with one attached hydrogen (secondary N) is 1. The van der Waals surface area contributed by atoms with Gasteiger partial charge in [0.05, 0.1) is 0 Å². The molecule has 1 nitrogen and oxygen atoms in total. The molecule has 0 saturated heterocycles. The van der Waals surface area contributed by atoms with Crippen LogP contribution in [-0.2, 0) is 0 Å². The average Bonchev–Trinajstić information content (AvgIpc) is 2.26. The minimum Gasteiger partial charge on any atom is -0.382 e. The zero-order valence-electron chi connectivity index (χ0n) is 10.2. The number of anilines is 1. The Morgan fingerprint density at radius 3 is 2.53 bits per heavy atom. The highest BCUT2D eigenvalue weighted by atomic mass is 14.9. The van der Waals surface area contributed by atoms with Gasteiger partial charge >= 0.3 is 0 Å². The molecule has 0 aliphatic rings. The van der Waals surface area contributed by atoms with Crippen LogP contribution in [0, 0.1) is 6.92 Å². The Labute approximate surface area is 93.9 Å². The predicted octanol–water partition coefficient (Wildman–Crippen LogP) is 4.38. The van der Waals surface area contributed by atoms with Gasteiger partial charge in [-0.25, -0.2) is 0 Å². The third-order valence-corrected chi connectivity index (χ3v) is 2.90. The molecule has 0 amide bonds. The summed E-state index contributed by atoms with van der Waals surface area (Å²) in [5.74, 6) is 0. The van der Waals surface area contributed by atoms with Crippen LogP contribution in [0.3, 0.4) is 0 Å². The van der Waals surface area contributed by atoms with Crippen molar-refractivity contribution in [1.29, 1.82) is 0 Å². The van der Waals surface area contributed by atoms with Crippen LogP contribution < -0.4 is 5.32 Å². The van der Waals surface area contributed by atoms with Crippen LogP contribution in [0.2, 0.25) is 0 Å². The van der Waals surface area contributed by atoms with Crippen molar-refractivity contribution < 1.29 is 0 Å². The van der Waals surface area contributed by atoms with Crippen LogP contribution in [0.5, 0.6) is 0 Å². The number of hydrogen-bond donors (Lipinski definition) is 1. The highest BCUT2D eigenvalue weighted by Gasteiger charge is 2.06. The number of aryl methyl sites for hydroxylation is 1. The van der Waals surface area contributed by atoms with Crippen molar-refractivity contribution in [3.8, 4) is 0 Å². The molecule has 84 valence electrons. The van der Waals surface area contributed by atoms with Gasteiger partial charge in [0.25, 0.3) is 0 Å². The number of hydrogen-bond acceptors (Lipinski definition) is 1. The van der Waals surface area contributed by atoms with Gasteiger partial charge in [0.2, 0.25) is 0 Å². The molecule has 0 aliphatic heterocycles. The minimum atomic E-state index is 0.631. The molecule has 1 aromatic carbocycles. The van der Waals surface area contributed by atoms with E-state index in [4.69, 9.17) is 0 Å². The van der Waals surface area contributed by atoms with Gasteiger partial charge in [0, 0.05) is 11.7 Å². The highest BCUT2D eigenvalue weighted by Crippen LogP contribution is 2.17. The average molecular weight is 205 g/mol. The molecule has 0 bridgehead atoms. The molecule has 1 N–H and O–H groups in total. The summed E-state index contributed by atoms with van der Waals surface area (Å²) < 4.78 is 0. The van der Waals surface area contributed by atoms with E-state index in [1.165, 1.54) is 36.9 Å².